The van der Waals surface area contributed by atoms with Crippen LogP contribution in [0.2, 0.25) is 0 Å². The first-order chi connectivity index (χ1) is 20.1. The van der Waals surface area contributed by atoms with Crippen LogP contribution in [0.1, 0.15) is 72.6 Å². The number of alkyl halides is 6. The topological polar surface area (TPSA) is 102 Å². The predicted molar refractivity (Wildman–Crippen MR) is 146 cm³/mol. The van der Waals surface area contributed by atoms with E-state index in [0.717, 1.165) is 29.9 Å². The van der Waals surface area contributed by atoms with E-state index in [1.165, 1.54) is 23.5 Å². The molecule has 2 N–H and O–H groups in total. The summed E-state index contributed by atoms with van der Waals surface area (Å²) in [7, 11) is -4.10. The summed E-state index contributed by atoms with van der Waals surface area (Å²) in [6, 6.07) is 7.94. The lowest BCUT2D eigenvalue weighted by atomic mass is 9.78. The van der Waals surface area contributed by atoms with Crippen molar-refractivity contribution in [3.8, 4) is 5.75 Å². The van der Waals surface area contributed by atoms with Crippen molar-refractivity contribution >= 4 is 38.7 Å². The van der Waals surface area contributed by atoms with Gasteiger partial charge in [0.2, 0.25) is 10.0 Å². The first-order valence-corrected chi connectivity index (χ1v) is 16.0. The largest absolute Gasteiger partial charge is 0.494 e. The van der Waals surface area contributed by atoms with Crippen molar-refractivity contribution in [1.29, 1.82) is 0 Å². The van der Waals surface area contributed by atoms with E-state index in [0.29, 0.717) is 12.8 Å². The maximum Gasteiger partial charge on any atom is 0.416 e. The van der Waals surface area contributed by atoms with Gasteiger partial charge in [-0.1, -0.05) is 12.1 Å². The van der Waals surface area contributed by atoms with Gasteiger partial charge in [-0.05, 0) is 79.8 Å². The van der Waals surface area contributed by atoms with Gasteiger partial charge in [0, 0.05) is 22.6 Å². The van der Waals surface area contributed by atoms with Gasteiger partial charge in [-0.15, -0.1) is 11.3 Å². The fourth-order valence-corrected chi connectivity index (χ4v) is 7.46. The maximum atomic E-state index is 14.9. The monoisotopic (exact) mass is 650 g/mol. The first kappa shape index (κ1) is 31.4. The molecule has 2 aromatic rings. The Hall–Kier alpha value is -3.07. The highest BCUT2D eigenvalue weighted by Crippen LogP contribution is 2.51. The molecule has 2 saturated carbocycles. The Balaban J connectivity index is 1.45. The average molecular weight is 651 g/mol. The molecule has 1 aliphatic heterocycles. The van der Waals surface area contributed by atoms with Crippen LogP contribution in [0.3, 0.4) is 0 Å². The summed E-state index contributed by atoms with van der Waals surface area (Å²) in [5.74, 6) is -2.28. The highest BCUT2D eigenvalue weighted by atomic mass is 32.2. The fraction of sp³-hybridized carbons (Fsp3) is 0.500. The van der Waals surface area contributed by atoms with Crippen LogP contribution < -0.4 is 14.8 Å². The predicted octanol–water partition coefficient (Wildman–Crippen LogP) is 6.08. The zero-order valence-electron chi connectivity index (χ0n) is 22.6. The van der Waals surface area contributed by atoms with Crippen LogP contribution in [0.15, 0.2) is 42.0 Å². The molecule has 234 valence electrons. The number of rotatable bonds is 11. The minimum Gasteiger partial charge on any atom is -0.494 e. The summed E-state index contributed by atoms with van der Waals surface area (Å²) < 4.78 is 114. The van der Waals surface area contributed by atoms with E-state index in [1.54, 1.807) is 12.1 Å². The molecule has 0 bridgehead atoms. The second kappa shape index (κ2) is 11.5. The minimum absolute atomic E-state index is 0.0760. The number of sulfonamides is 1. The number of nitrogens with one attached hydrogen (secondary N) is 2. The number of hydrogen-bond donors (Lipinski definition) is 2. The smallest absolute Gasteiger partial charge is 0.416 e. The third-order valence-electron chi connectivity index (χ3n) is 7.58. The molecule has 5 rings (SSSR count). The molecule has 2 aliphatic carbocycles. The van der Waals surface area contributed by atoms with Crippen LogP contribution in [0.5, 0.6) is 5.75 Å². The van der Waals surface area contributed by atoms with E-state index in [1.807, 2.05) is 10.0 Å². The zero-order chi connectivity index (χ0) is 31.2. The van der Waals surface area contributed by atoms with Gasteiger partial charge in [-0.2, -0.15) is 26.3 Å². The molecule has 2 fully saturated rings. The van der Waals surface area contributed by atoms with Crippen LogP contribution in [-0.4, -0.2) is 44.4 Å². The minimum atomic E-state index is -5.05. The number of carbonyl (C=O) groups excluding carboxylic acids is 2. The number of carbonyl (C=O) groups is 2. The number of benzene rings is 1. The molecule has 1 aromatic carbocycles. The molecule has 2 heterocycles. The average Bonchev–Trinajstić information content (AvgIpc) is 3.85. The summed E-state index contributed by atoms with van der Waals surface area (Å²) in [6.45, 7) is -0.0760. The molecular formula is C28H28F6N2O5S2. The molecule has 0 unspecified atom stereocenters. The number of halogens is 6. The van der Waals surface area contributed by atoms with E-state index in [9.17, 15) is 44.3 Å². The van der Waals surface area contributed by atoms with Crippen LogP contribution in [0.4, 0.5) is 26.3 Å². The van der Waals surface area contributed by atoms with Crippen molar-refractivity contribution < 1.29 is 49.1 Å². The highest BCUT2D eigenvalue weighted by Gasteiger charge is 2.60. The van der Waals surface area contributed by atoms with Crippen LogP contribution in [-0.2, 0) is 25.2 Å². The normalized spacial score (nSPS) is 21.5. The third kappa shape index (κ3) is 7.03. The molecule has 1 atom stereocenters. The molecule has 43 heavy (non-hydrogen) atoms. The standard InChI is InChI=1S/C28H28F6N2O5S2/c29-27(30,31)13-1-2-14-41-18-7-5-17(6-8-18)26(28(32,33)34)15-20(22-12-11-21(42-22)16-3-4-16)23(24(37)35-26)25(38)36-43(39,40)19-9-10-19/h5-8,11-12,16,19H,1-4,9-10,13-15H2,(H,35,37)(H,36,38)/t26-/m0/s1. The number of unbranched alkanes of at least 4 members (excludes halogenated alkanes) is 1. The molecule has 0 spiro atoms. The molecule has 7 nitrogen and oxygen atoms in total. The van der Waals surface area contributed by atoms with Crippen LogP contribution in [0, 0.1) is 0 Å². The van der Waals surface area contributed by atoms with Crippen LogP contribution in [0.25, 0.3) is 5.57 Å². The summed E-state index contributed by atoms with van der Waals surface area (Å²) >= 11 is 1.17. The van der Waals surface area contributed by atoms with Crippen molar-refractivity contribution in [3.05, 3.63) is 57.3 Å². The third-order valence-corrected chi connectivity index (χ3v) is 10.7. The van der Waals surface area contributed by atoms with Gasteiger partial charge in [0.15, 0.2) is 5.54 Å². The lowest BCUT2D eigenvalue weighted by molar-refractivity contribution is -0.201. The Kier molecular flexibility index (Phi) is 8.35. The molecule has 2 amide bonds. The maximum absolute atomic E-state index is 14.9. The molecule has 1 aromatic heterocycles. The van der Waals surface area contributed by atoms with Gasteiger partial charge in [0.1, 0.15) is 11.3 Å². The van der Waals surface area contributed by atoms with Gasteiger partial charge in [-0.25, -0.2) is 13.1 Å². The molecule has 0 saturated heterocycles. The SMILES string of the molecule is O=C1N[C@@](c2ccc(OCCCCC(F)(F)F)cc2)(C(F)(F)F)CC(c2ccc(C3CC3)s2)=C1C(=O)NS(=O)(=O)C1CC1. The Bertz CT molecular complexity index is 1520. The fourth-order valence-electron chi connectivity index (χ4n) is 4.95. The summed E-state index contributed by atoms with van der Waals surface area (Å²) in [6.07, 6.45) is -8.78. The Morgan fingerprint density at radius 2 is 1.67 bits per heavy atom. The number of thiophene rings is 1. The number of hydrogen-bond acceptors (Lipinski definition) is 6. The second-order valence-electron chi connectivity index (χ2n) is 11.0. The van der Waals surface area contributed by atoms with Crippen molar-refractivity contribution in [2.24, 2.45) is 0 Å². The van der Waals surface area contributed by atoms with E-state index in [4.69, 9.17) is 4.74 Å². The van der Waals surface area contributed by atoms with Crippen molar-refractivity contribution in [3.63, 3.8) is 0 Å². The number of ether oxygens (including phenoxy) is 1. The van der Waals surface area contributed by atoms with E-state index in [2.05, 4.69) is 0 Å². The molecule has 0 radical (unpaired) electrons. The summed E-state index contributed by atoms with van der Waals surface area (Å²) in [5, 5.41) is 1.17. The molecular weight excluding hydrogens is 622 g/mol. The number of amides is 2. The second-order valence-corrected chi connectivity index (χ2v) is 14.1. The molecule has 15 heteroatoms. The van der Waals surface area contributed by atoms with Crippen molar-refractivity contribution in [2.75, 3.05) is 6.61 Å². The summed E-state index contributed by atoms with van der Waals surface area (Å²) in [5.41, 5.74) is -4.23. The Morgan fingerprint density at radius 3 is 2.26 bits per heavy atom. The zero-order valence-corrected chi connectivity index (χ0v) is 24.2. The lowest BCUT2D eigenvalue weighted by Crippen LogP contribution is -2.59. The van der Waals surface area contributed by atoms with Gasteiger partial charge in [0.25, 0.3) is 11.8 Å². The Labute approximate surface area is 247 Å². The van der Waals surface area contributed by atoms with Gasteiger partial charge in [-0.3, -0.25) is 9.59 Å². The van der Waals surface area contributed by atoms with E-state index in [-0.39, 0.29) is 47.1 Å². The first-order valence-electron chi connectivity index (χ1n) is 13.7. The van der Waals surface area contributed by atoms with Crippen molar-refractivity contribution in [1.82, 2.24) is 10.0 Å². The van der Waals surface area contributed by atoms with E-state index >= 15 is 0 Å². The van der Waals surface area contributed by atoms with Gasteiger partial charge < -0.3 is 10.1 Å². The van der Waals surface area contributed by atoms with Gasteiger partial charge in [0.05, 0.1) is 11.9 Å². The van der Waals surface area contributed by atoms with Gasteiger partial charge >= 0.3 is 12.4 Å². The lowest BCUT2D eigenvalue weighted by Gasteiger charge is -2.41. The van der Waals surface area contributed by atoms with Crippen LogP contribution >= 0.6 is 11.3 Å². The highest BCUT2D eigenvalue weighted by molar-refractivity contribution is 7.91. The van der Waals surface area contributed by atoms with Crippen molar-refractivity contribution in [2.45, 2.75) is 80.4 Å². The summed E-state index contributed by atoms with van der Waals surface area (Å²) in [4.78, 5) is 27.7. The van der Waals surface area contributed by atoms with E-state index < -0.39 is 63.4 Å². The Morgan fingerprint density at radius 1 is 1.00 bits per heavy atom. The quantitative estimate of drug-likeness (QED) is 0.175. The molecule has 3 aliphatic rings.